The van der Waals surface area contributed by atoms with Gasteiger partial charge >= 0.3 is 5.96 Å². The molecule has 0 saturated heterocycles. The van der Waals surface area contributed by atoms with Gasteiger partial charge in [0.25, 0.3) is 11.8 Å². The molecule has 1 aromatic rings. The van der Waals surface area contributed by atoms with Crippen molar-refractivity contribution in [2.45, 2.75) is 26.2 Å². The summed E-state index contributed by atoms with van der Waals surface area (Å²) >= 11 is 0. The summed E-state index contributed by atoms with van der Waals surface area (Å²) in [6, 6.07) is 7.15. The number of hydrogen-bond acceptors (Lipinski definition) is 6. The summed E-state index contributed by atoms with van der Waals surface area (Å²) in [5, 5.41) is 7.66. The second-order valence-corrected chi connectivity index (χ2v) is 7.11. The molecule has 2 heterocycles. The maximum absolute atomic E-state index is 12.5. The van der Waals surface area contributed by atoms with E-state index in [1.165, 1.54) is 25.1 Å². The quantitative estimate of drug-likeness (QED) is 0.319. The van der Waals surface area contributed by atoms with E-state index in [-0.39, 0.29) is 11.6 Å². The molecule has 2 amide bonds. The van der Waals surface area contributed by atoms with Crippen molar-refractivity contribution in [3.05, 3.63) is 41.6 Å². The first-order chi connectivity index (χ1) is 14.5. The third-order valence-corrected chi connectivity index (χ3v) is 4.36. The zero-order chi connectivity index (χ0) is 21.5. The van der Waals surface area contributed by atoms with Crippen LogP contribution in [-0.4, -0.2) is 61.1 Å². The smallest absolute Gasteiger partial charge is 0.385 e. The first-order valence-corrected chi connectivity index (χ1v) is 9.90. The average molecular weight is 408 g/mol. The summed E-state index contributed by atoms with van der Waals surface area (Å²) in [6.07, 6.45) is 6.49. The Bertz CT molecular complexity index is 981. The molecule has 0 fully saturated rings. The van der Waals surface area contributed by atoms with Gasteiger partial charge in [0, 0.05) is 31.9 Å². The molecule has 156 valence electrons. The third kappa shape index (κ3) is 5.50. The second kappa shape index (κ2) is 9.78. The van der Waals surface area contributed by atoms with E-state index in [2.05, 4.69) is 37.6 Å². The van der Waals surface area contributed by atoms with Crippen molar-refractivity contribution in [3.8, 4) is 0 Å². The van der Waals surface area contributed by atoms with Crippen LogP contribution in [0, 0.1) is 0 Å². The largest absolute Gasteiger partial charge is 0.498 e. The van der Waals surface area contributed by atoms with Gasteiger partial charge in [-0.1, -0.05) is 19.8 Å². The lowest BCUT2D eigenvalue weighted by Crippen LogP contribution is -2.35. The van der Waals surface area contributed by atoms with Crippen molar-refractivity contribution < 1.29 is 9.59 Å². The monoisotopic (exact) mass is 408 g/mol. The Morgan fingerprint density at radius 3 is 2.57 bits per heavy atom. The number of anilines is 1. The molecule has 0 saturated carbocycles. The number of nitrogens with one attached hydrogen (secondary N) is 3. The minimum absolute atomic E-state index is 0.113. The number of amides is 2. The summed E-state index contributed by atoms with van der Waals surface area (Å²) in [7, 11) is 3.63. The number of allylic oxidation sites excluding steroid dienone is 1. The van der Waals surface area contributed by atoms with Gasteiger partial charge in [-0.2, -0.15) is 10.4 Å². The summed E-state index contributed by atoms with van der Waals surface area (Å²) in [5.41, 5.74) is 5.27. The summed E-state index contributed by atoms with van der Waals surface area (Å²) in [6.45, 7) is 3.07. The van der Waals surface area contributed by atoms with E-state index in [1.807, 2.05) is 26.2 Å². The van der Waals surface area contributed by atoms with Crippen LogP contribution in [-0.2, 0) is 4.79 Å². The molecule has 9 heteroatoms. The lowest BCUT2D eigenvalue weighted by atomic mass is 10.1. The van der Waals surface area contributed by atoms with Gasteiger partial charge in [0.15, 0.2) is 0 Å². The number of hydrogen-bond donors (Lipinski definition) is 3. The minimum atomic E-state index is -0.516. The van der Waals surface area contributed by atoms with Crippen molar-refractivity contribution in [1.82, 2.24) is 20.4 Å². The Morgan fingerprint density at radius 1 is 1.10 bits per heavy atom. The standard InChI is InChI=1S/C21H25N7O2/c1-4-5-6-11-22-15-9-7-14(8-10-15)19(29)25-17-12-16(24-20(17)30)18-13-23-21(26-18)27-28(2)3/h7-10,12-13H,4-6,11H2,1-3H3,(H2,22,24,25,29,30)/p+1. The highest BCUT2D eigenvalue weighted by atomic mass is 16.2. The molecule has 0 aromatic heterocycles. The number of unbranched alkanes of at least 4 members (excludes halogenated alkanes) is 2. The molecule has 30 heavy (non-hydrogen) atoms. The molecule has 0 unspecified atom stereocenters. The van der Waals surface area contributed by atoms with Gasteiger partial charge in [-0.25, -0.2) is 9.66 Å². The minimum Gasteiger partial charge on any atom is -0.385 e. The predicted molar refractivity (Wildman–Crippen MR) is 120 cm³/mol. The van der Waals surface area contributed by atoms with Crippen LogP contribution in [0.2, 0.25) is 0 Å². The molecule has 0 atom stereocenters. The van der Waals surface area contributed by atoms with E-state index in [9.17, 15) is 9.59 Å². The lowest BCUT2D eigenvalue weighted by molar-refractivity contribution is -0.114. The highest BCUT2D eigenvalue weighted by molar-refractivity contribution is 6.68. The fourth-order valence-corrected chi connectivity index (χ4v) is 2.83. The fraction of sp³-hybridized carbons (Fsp3) is 0.333. The number of carbonyl (C=O) groups excluding carboxylic acids is 2. The van der Waals surface area contributed by atoms with Crippen LogP contribution in [0.1, 0.15) is 36.5 Å². The van der Waals surface area contributed by atoms with E-state index < -0.39 is 5.91 Å². The Labute approximate surface area is 175 Å². The van der Waals surface area contributed by atoms with Gasteiger partial charge in [0.05, 0.1) is 0 Å². The highest BCUT2D eigenvalue weighted by Crippen LogP contribution is 2.12. The molecule has 2 aliphatic heterocycles. The fourth-order valence-electron chi connectivity index (χ4n) is 2.83. The molecule has 1 aromatic carbocycles. The van der Waals surface area contributed by atoms with Gasteiger partial charge in [-0.05, 0) is 41.8 Å². The lowest BCUT2D eigenvalue weighted by Gasteiger charge is -2.08. The van der Waals surface area contributed by atoms with Crippen molar-refractivity contribution in [2.24, 2.45) is 9.98 Å². The first kappa shape index (κ1) is 21.2. The van der Waals surface area contributed by atoms with Crippen molar-refractivity contribution in [2.75, 3.05) is 26.0 Å². The number of hydrazine groups is 1. The molecule has 3 N–H and O–H groups in total. The molecule has 9 nitrogen and oxygen atoms in total. The molecule has 0 spiro atoms. The van der Waals surface area contributed by atoms with Gasteiger partial charge in [0.2, 0.25) is 11.9 Å². The molecular weight excluding hydrogens is 382 g/mol. The zero-order valence-electron chi connectivity index (χ0n) is 17.4. The maximum atomic E-state index is 12.5. The Morgan fingerprint density at radius 2 is 1.87 bits per heavy atom. The van der Waals surface area contributed by atoms with E-state index in [0.717, 1.165) is 18.7 Å². The van der Waals surface area contributed by atoms with Crippen LogP contribution in [0.5, 0.6) is 0 Å². The number of guanidine groups is 1. The van der Waals surface area contributed by atoms with Crippen LogP contribution in [0.3, 0.4) is 0 Å². The maximum Gasteiger partial charge on any atom is 0.498 e. The Hall–Kier alpha value is -3.55. The number of benzene rings is 1. The Kier molecular flexibility index (Phi) is 6.90. The molecule has 0 bridgehead atoms. The summed E-state index contributed by atoms with van der Waals surface area (Å²) in [4.78, 5) is 32.9. The highest BCUT2D eigenvalue weighted by Gasteiger charge is 2.28. The molecule has 2 aliphatic rings. The van der Waals surface area contributed by atoms with E-state index in [1.54, 1.807) is 17.1 Å². The van der Waals surface area contributed by atoms with E-state index >= 15 is 0 Å². The van der Waals surface area contributed by atoms with Gasteiger partial charge < -0.3 is 10.6 Å². The van der Waals surface area contributed by atoms with Crippen LogP contribution >= 0.6 is 0 Å². The number of rotatable bonds is 9. The topological polar surface area (TPSA) is 112 Å². The average Bonchev–Trinajstić information content (AvgIpc) is 3.32. The van der Waals surface area contributed by atoms with Gasteiger partial charge in [0.1, 0.15) is 11.4 Å². The zero-order valence-corrected chi connectivity index (χ0v) is 17.4. The molecule has 3 rings (SSSR count). The normalized spacial score (nSPS) is 15.0. The van der Waals surface area contributed by atoms with Crippen LogP contribution in [0.15, 0.2) is 46.0 Å². The molecule has 0 radical (unpaired) electrons. The predicted octanol–water partition coefficient (Wildman–Crippen LogP) is 0.898. The van der Waals surface area contributed by atoms with Gasteiger partial charge in [-0.3, -0.25) is 9.59 Å². The van der Waals surface area contributed by atoms with Gasteiger partial charge in [-0.15, -0.1) is 0 Å². The van der Waals surface area contributed by atoms with Crippen LogP contribution < -0.4 is 20.7 Å². The Balaban J connectivity index is 1.58. The first-order valence-electron chi connectivity index (χ1n) is 9.90. The van der Waals surface area contributed by atoms with Crippen molar-refractivity contribution >= 4 is 41.1 Å². The second-order valence-electron chi connectivity index (χ2n) is 7.11. The third-order valence-electron chi connectivity index (χ3n) is 4.36. The number of aliphatic imine (C=N–C) groups is 2. The summed E-state index contributed by atoms with van der Waals surface area (Å²) < 4.78 is 4.12. The summed E-state index contributed by atoms with van der Waals surface area (Å²) in [5.74, 6) is -0.482. The van der Waals surface area contributed by atoms with Crippen molar-refractivity contribution in [1.29, 1.82) is 0 Å². The molecular formula is C21H26N7O2+. The van der Waals surface area contributed by atoms with E-state index in [4.69, 9.17) is 0 Å². The SMILES string of the molecule is CCCCCNc1ccc(C(=O)NC2=CC(C3=NC(NN(C)C)=[N+]=C3)=NC2=O)cc1. The van der Waals surface area contributed by atoms with Crippen LogP contribution in [0.25, 0.3) is 0 Å². The number of carbonyl (C=O) groups is 2. The van der Waals surface area contributed by atoms with Crippen molar-refractivity contribution in [3.63, 3.8) is 0 Å². The van der Waals surface area contributed by atoms with E-state index in [0.29, 0.717) is 22.9 Å². The molecule has 0 aliphatic carbocycles. The number of nitrogens with zero attached hydrogens (tertiary/aromatic N) is 4. The van der Waals surface area contributed by atoms with Crippen LogP contribution in [0.4, 0.5) is 5.69 Å².